The van der Waals surface area contributed by atoms with Gasteiger partial charge < -0.3 is 15.2 Å². The molecular weight excluding hydrogens is 337 g/mol. The number of ether oxygens (including phenoxy) is 1. The number of carbonyl (C=O) groups is 1. The Hall–Kier alpha value is -2.17. The Labute approximate surface area is 144 Å². The molecule has 0 saturated heterocycles. The molecule has 23 heavy (non-hydrogen) atoms. The molecule has 0 aliphatic carbocycles. The SMILES string of the molecule is O=C(NCC=Cc1cc(Cl)c(O)cc1Cl)OCc1ccccc1. The molecule has 2 aromatic carbocycles. The van der Waals surface area contributed by atoms with E-state index in [1.807, 2.05) is 30.3 Å². The molecular formula is C17H15Cl2NO3. The molecule has 0 saturated carbocycles. The molecule has 2 N–H and O–H groups in total. The van der Waals surface area contributed by atoms with Gasteiger partial charge in [0.05, 0.1) is 10.0 Å². The van der Waals surface area contributed by atoms with Gasteiger partial charge in [0, 0.05) is 12.6 Å². The van der Waals surface area contributed by atoms with Crippen LogP contribution in [0.15, 0.2) is 48.5 Å². The summed E-state index contributed by atoms with van der Waals surface area (Å²) in [6.07, 6.45) is 2.90. The quantitative estimate of drug-likeness (QED) is 0.824. The van der Waals surface area contributed by atoms with Crippen molar-refractivity contribution in [1.29, 1.82) is 0 Å². The van der Waals surface area contributed by atoms with Crippen LogP contribution in [0.1, 0.15) is 11.1 Å². The lowest BCUT2D eigenvalue weighted by molar-refractivity contribution is 0.141. The predicted octanol–water partition coefficient (Wildman–Crippen LogP) is 4.64. The number of amides is 1. The number of phenols is 1. The van der Waals surface area contributed by atoms with Gasteiger partial charge in [-0.3, -0.25) is 0 Å². The summed E-state index contributed by atoms with van der Waals surface area (Å²) in [5.41, 5.74) is 1.57. The van der Waals surface area contributed by atoms with Crippen molar-refractivity contribution in [2.24, 2.45) is 0 Å². The summed E-state index contributed by atoms with van der Waals surface area (Å²) in [7, 11) is 0. The van der Waals surface area contributed by atoms with Crippen molar-refractivity contribution in [3.8, 4) is 5.75 Å². The van der Waals surface area contributed by atoms with Crippen LogP contribution in [0.25, 0.3) is 6.08 Å². The van der Waals surface area contributed by atoms with Gasteiger partial charge in [-0.15, -0.1) is 0 Å². The molecule has 0 heterocycles. The summed E-state index contributed by atoms with van der Waals surface area (Å²) in [6.45, 7) is 0.498. The van der Waals surface area contributed by atoms with E-state index in [4.69, 9.17) is 27.9 Å². The fourth-order valence-corrected chi connectivity index (χ4v) is 2.17. The number of aromatic hydroxyl groups is 1. The largest absolute Gasteiger partial charge is 0.506 e. The molecule has 1 amide bonds. The molecule has 0 spiro atoms. The molecule has 2 aromatic rings. The summed E-state index contributed by atoms with van der Waals surface area (Å²) < 4.78 is 5.07. The van der Waals surface area contributed by atoms with Gasteiger partial charge in [-0.05, 0) is 17.2 Å². The summed E-state index contributed by atoms with van der Waals surface area (Å²) >= 11 is 11.8. The first-order valence-electron chi connectivity index (χ1n) is 6.85. The maximum absolute atomic E-state index is 11.5. The van der Waals surface area contributed by atoms with Crippen LogP contribution >= 0.6 is 23.2 Å². The molecule has 120 valence electrons. The molecule has 0 aliphatic heterocycles. The molecule has 0 bridgehead atoms. The minimum absolute atomic E-state index is 0.0727. The van der Waals surface area contributed by atoms with Gasteiger partial charge in [-0.25, -0.2) is 4.79 Å². The molecule has 0 fully saturated rings. The Balaban J connectivity index is 1.78. The highest BCUT2D eigenvalue weighted by molar-refractivity contribution is 6.35. The van der Waals surface area contributed by atoms with Gasteiger partial charge in [0.2, 0.25) is 0 Å². The zero-order valence-corrected chi connectivity index (χ0v) is 13.6. The Morgan fingerprint density at radius 2 is 1.91 bits per heavy atom. The monoisotopic (exact) mass is 351 g/mol. The van der Waals surface area contributed by atoms with Gasteiger partial charge in [0.1, 0.15) is 12.4 Å². The van der Waals surface area contributed by atoms with Crippen molar-refractivity contribution in [2.75, 3.05) is 6.54 Å². The molecule has 2 rings (SSSR count). The second kappa shape index (κ2) is 8.46. The maximum Gasteiger partial charge on any atom is 0.407 e. The third kappa shape index (κ3) is 5.51. The maximum atomic E-state index is 11.5. The second-order valence-electron chi connectivity index (χ2n) is 4.67. The van der Waals surface area contributed by atoms with Gasteiger partial charge in [0.25, 0.3) is 0 Å². The molecule has 6 heteroatoms. The Morgan fingerprint density at radius 1 is 1.17 bits per heavy atom. The highest BCUT2D eigenvalue weighted by Gasteiger charge is 2.04. The van der Waals surface area contributed by atoms with E-state index in [2.05, 4.69) is 5.32 Å². The van der Waals surface area contributed by atoms with Gasteiger partial charge in [0.15, 0.2) is 0 Å². The van der Waals surface area contributed by atoms with E-state index in [0.29, 0.717) is 10.6 Å². The minimum Gasteiger partial charge on any atom is -0.506 e. The first-order chi connectivity index (χ1) is 11.1. The van der Waals surface area contributed by atoms with Gasteiger partial charge in [-0.2, -0.15) is 0 Å². The molecule has 0 unspecified atom stereocenters. The molecule has 0 aromatic heterocycles. The lowest BCUT2D eigenvalue weighted by atomic mass is 10.2. The van der Waals surface area contributed by atoms with Gasteiger partial charge >= 0.3 is 6.09 Å². The van der Waals surface area contributed by atoms with Crippen LogP contribution in [0.2, 0.25) is 10.0 Å². The predicted molar refractivity (Wildman–Crippen MR) is 91.8 cm³/mol. The van der Waals surface area contributed by atoms with Crippen molar-refractivity contribution in [1.82, 2.24) is 5.32 Å². The zero-order valence-electron chi connectivity index (χ0n) is 12.1. The van der Waals surface area contributed by atoms with E-state index < -0.39 is 6.09 Å². The Morgan fingerprint density at radius 3 is 2.65 bits per heavy atom. The Bertz CT molecular complexity index is 702. The standard InChI is InChI=1S/C17H15Cl2NO3/c18-14-10-16(21)15(19)9-13(14)7-4-8-20-17(22)23-11-12-5-2-1-3-6-12/h1-7,9-10,21H,8,11H2,(H,20,22). The first-order valence-corrected chi connectivity index (χ1v) is 7.61. The van der Waals surface area contributed by atoms with Crippen molar-refractivity contribution < 1.29 is 14.6 Å². The molecule has 0 atom stereocenters. The lowest BCUT2D eigenvalue weighted by Crippen LogP contribution is -2.24. The summed E-state index contributed by atoms with van der Waals surface area (Å²) in [5, 5.41) is 12.6. The van der Waals surface area contributed by atoms with Crippen LogP contribution in [0, 0.1) is 0 Å². The topological polar surface area (TPSA) is 58.6 Å². The summed E-state index contributed by atoms with van der Waals surface area (Å²) in [5.74, 6) is -0.0727. The van der Waals surface area contributed by atoms with Crippen molar-refractivity contribution in [3.63, 3.8) is 0 Å². The summed E-state index contributed by atoms with van der Waals surface area (Å²) in [4.78, 5) is 11.5. The van der Waals surface area contributed by atoms with Crippen LogP contribution in [-0.2, 0) is 11.3 Å². The average molecular weight is 352 g/mol. The first kappa shape index (κ1) is 17.2. The number of phenolic OH excluding ortho intramolecular Hbond substituents is 1. The fourth-order valence-electron chi connectivity index (χ4n) is 1.78. The van der Waals surface area contributed by atoms with E-state index in [0.717, 1.165) is 5.56 Å². The van der Waals surface area contributed by atoms with Gasteiger partial charge in [-0.1, -0.05) is 65.7 Å². The third-order valence-electron chi connectivity index (χ3n) is 2.94. The van der Waals surface area contributed by atoms with Crippen LogP contribution in [-0.4, -0.2) is 17.7 Å². The number of hydrogen-bond donors (Lipinski definition) is 2. The van der Waals surface area contributed by atoms with E-state index >= 15 is 0 Å². The third-order valence-corrected chi connectivity index (χ3v) is 3.57. The summed E-state index contributed by atoms with van der Waals surface area (Å²) in [6, 6.07) is 12.3. The number of rotatable bonds is 5. The van der Waals surface area contributed by atoms with E-state index in [1.54, 1.807) is 18.2 Å². The van der Waals surface area contributed by atoms with E-state index in [9.17, 15) is 9.90 Å². The number of hydrogen-bond acceptors (Lipinski definition) is 3. The minimum atomic E-state index is -0.506. The van der Waals surface area contributed by atoms with Crippen LogP contribution < -0.4 is 5.32 Å². The van der Waals surface area contributed by atoms with E-state index in [1.165, 1.54) is 6.07 Å². The highest BCUT2D eigenvalue weighted by atomic mass is 35.5. The zero-order chi connectivity index (χ0) is 16.7. The second-order valence-corrected chi connectivity index (χ2v) is 5.48. The molecule has 0 aliphatic rings. The number of carbonyl (C=O) groups excluding carboxylic acids is 1. The van der Waals surface area contributed by atoms with E-state index in [-0.39, 0.29) is 23.9 Å². The Kier molecular flexibility index (Phi) is 6.32. The smallest absolute Gasteiger partial charge is 0.407 e. The van der Waals surface area contributed by atoms with Crippen molar-refractivity contribution >= 4 is 35.4 Å². The fraction of sp³-hybridized carbons (Fsp3) is 0.118. The number of halogens is 2. The normalized spacial score (nSPS) is 10.7. The number of benzene rings is 2. The highest BCUT2D eigenvalue weighted by Crippen LogP contribution is 2.30. The van der Waals surface area contributed by atoms with Crippen molar-refractivity contribution in [2.45, 2.75) is 6.61 Å². The van der Waals surface area contributed by atoms with Crippen LogP contribution in [0.5, 0.6) is 5.75 Å². The van der Waals surface area contributed by atoms with Crippen LogP contribution in [0.4, 0.5) is 4.79 Å². The number of alkyl carbamates (subject to hydrolysis) is 1. The average Bonchev–Trinajstić information content (AvgIpc) is 2.55. The van der Waals surface area contributed by atoms with Crippen molar-refractivity contribution in [3.05, 3.63) is 69.7 Å². The molecule has 0 radical (unpaired) electrons. The lowest BCUT2D eigenvalue weighted by Gasteiger charge is -2.05. The molecule has 4 nitrogen and oxygen atoms in total. The van der Waals surface area contributed by atoms with Crippen LogP contribution in [0.3, 0.4) is 0 Å². The number of nitrogens with one attached hydrogen (secondary N) is 1.